The zero-order valence-corrected chi connectivity index (χ0v) is 16.9. The highest BCUT2D eigenvalue weighted by Gasteiger charge is 2.29. The van der Waals surface area contributed by atoms with Gasteiger partial charge in [-0.15, -0.1) is 0 Å². The van der Waals surface area contributed by atoms with Crippen LogP contribution in [0.3, 0.4) is 0 Å². The molecule has 0 bridgehead atoms. The Balaban J connectivity index is 1.55. The Labute approximate surface area is 171 Å². The molecule has 152 valence electrons. The molecule has 0 aromatic heterocycles. The first-order chi connectivity index (χ1) is 14.0. The smallest absolute Gasteiger partial charge is 0.246 e. The topological polar surface area (TPSA) is 66.9 Å². The number of nitrogens with zero attached hydrogens (tertiary/aromatic N) is 2. The highest BCUT2D eigenvalue weighted by Crippen LogP contribution is 2.18. The average molecular weight is 413 g/mol. The molecule has 0 aliphatic carbocycles. The maximum absolute atomic E-state index is 12.7. The fourth-order valence-electron chi connectivity index (χ4n) is 2.99. The summed E-state index contributed by atoms with van der Waals surface area (Å²) < 4.78 is 32.2. The maximum atomic E-state index is 12.7. The second kappa shape index (κ2) is 9.54. The quantitative estimate of drug-likeness (QED) is 0.518. The van der Waals surface area contributed by atoms with Crippen molar-refractivity contribution in [2.75, 3.05) is 32.8 Å². The normalized spacial score (nSPS) is 15.4. The summed E-state index contributed by atoms with van der Waals surface area (Å²) in [7, 11) is -3.52. The number of benzene rings is 2. The van der Waals surface area contributed by atoms with E-state index in [4.69, 9.17) is 4.74 Å². The van der Waals surface area contributed by atoms with E-state index in [1.807, 2.05) is 24.3 Å². The molecule has 2 aromatic rings. The van der Waals surface area contributed by atoms with Crippen molar-refractivity contribution in [3.05, 3.63) is 78.9 Å². The molecule has 2 aromatic carbocycles. The molecule has 3 rings (SSSR count). The first-order valence-corrected chi connectivity index (χ1v) is 10.8. The molecule has 1 aliphatic rings. The Morgan fingerprint density at radius 1 is 1.00 bits per heavy atom. The van der Waals surface area contributed by atoms with E-state index < -0.39 is 10.0 Å². The summed E-state index contributed by atoms with van der Waals surface area (Å²) in [6.45, 7) is 5.35. The summed E-state index contributed by atoms with van der Waals surface area (Å²) in [6.07, 6.45) is 4.94. The van der Waals surface area contributed by atoms with Crippen molar-refractivity contribution in [2.45, 2.75) is 4.90 Å². The minimum atomic E-state index is -3.52. The standard InChI is InChI=1S/C22H24N2O4S/c1-2-18-28-20-11-8-19(9-12-20)10-13-22(25)23-14-16-24(17-15-23)29(26,27)21-6-4-3-5-7-21/h2-13H,1,14-18H2/b13-10+. The third-order valence-electron chi connectivity index (χ3n) is 4.60. The highest BCUT2D eigenvalue weighted by molar-refractivity contribution is 7.89. The van der Waals surface area contributed by atoms with Gasteiger partial charge in [-0.25, -0.2) is 8.42 Å². The molecule has 7 heteroatoms. The molecule has 0 radical (unpaired) electrons. The van der Waals surface area contributed by atoms with E-state index in [0.717, 1.165) is 11.3 Å². The van der Waals surface area contributed by atoms with Crippen LogP contribution >= 0.6 is 0 Å². The molecule has 6 nitrogen and oxygen atoms in total. The van der Waals surface area contributed by atoms with E-state index in [-0.39, 0.29) is 23.9 Å². The molecule has 0 N–H and O–H groups in total. The van der Waals surface area contributed by atoms with E-state index in [9.17, 15) is 13.2 Å². The van der Waals surface area contributed by atoms with E-state index >= 15 is 0 Å². The molecule has 1 heterocycles. The molecular formula is C22H24N2O4S. The number of rotatable bonds is 7. The monoisotopic (exact) mass is 412 g/mol. The van der Waals surface area contributed by atoms with Crippen LogP contribution in [-0.4, -0.2) is 56.3 Å². The van der Waals surface area contributed by atoms with E-state index in [1.165, 1.54) is 10.4 Å². The summed E-state index contributed by atoms with van der Waals surface area (Å²) in [4.78, 5) is 14.4. The minimum absolute atomic E-state index is 0.131. The second-order valence-electron chi connectivity index (χ2n) is 6.54. The van der Waals surface area contributed by atoms with Gasteiger partial charge in [0.15, 0.2) is 0 Å². The number of ether oxygens (including phenoxy) is 1. The van der Waals surface area contributed by atoms with Gasteiger partial charge in [0.05, 0.1) is 4.90 Å². The summed E-state index contributed by atoms with van der Waals surface area (Å²) in [5.74, 6) is 0.609. The summed E-state index contributed by atoms with van der Waals surface area (Å²) >= 11 is 0. The molecular weight excluding hydrogens is 388 g/mol. The molecule has 1 aliphatic heterocycles. The Kier molecular flexibility index (Phi) is 6.85. The zero-order valence-electron chi connectivity index (χ0n) is 16.1. The van der Waals surface area contributed by atoms with Gasteiger partial charge in [-0.3, -0.25) is 4.79 Å². The molecule has 0 unspecified atom stereocenters. The lowest BCUT2D eigenvalue weighted by molar-refractivity contribution is -0.127. The number of piperazine rings is 1. The minimum Gasteiger partial charge on any atom is -0.490 e. The Hall–Kier alpha value is -2.90. The van der Waals surface area contributed by atoms with Crippen molar-refractivity contribution in [1.29, 1.82) is 0 Å². The van der Waals surface area contributed by atoms with Gasteiger partial charge in [0.2, 0.25) is 15.9 Å². The van der Waals surface area contributed by atoms with Gasteiger partial charge in [0.25, 0.3) is 0 Å². The van der Waals surface area contributed by atoms with Gasteiger partial charge < -0.3 is 9.64 Å². The van der Waals surface area contributed by atoms with Gasteiger partial charge in [-0.1, -0.05) is 43.0 Å². The molecule has 0 atom stereocenters. The van der Waals surface area contributed by atoms with Crippen molar-refractivity contribution in [3.63, 3.8) is 0 Å². The second-order valence-corrected chi connectivity index (χ2v) is 8.48. The van der Waals surface area contributed by atoms with Crippen LogP contribution in [0.5, 0.6) is 5.75 Å². The largest absolute Gasteiger partial charge is 0.490 e. The van der Waals surface area contributed by atoms with Crippen LogP contribution in [0.25, 0.3) is 6.08 Å². The van der Waals surface area contributed by atoms with Gasteiger partial charge in [0, 0.05) is 32.3 Å². The van der Waals surface area contributed by atoms with Crippen molar-refractivity contribution in [1.82, 2.24) is 9.21 Å². The van der Waals surface area contributed by atoms with Crippen LogP contribution < -0.4 is 4.74 Å². The van der Waals surface area contributed by atoms with E-state index in [0.29, 0.717) is 19.7 Å². The predicted octanol–water partition coefficient (Wildman–Crippen LogP) is 2.80. The molecule has 1 saturated heterocycles. The number of hydrogen-bond donors (Lipinski definition) is 0. The lowest BCUT2D eigenvalue weighted by Gasteiger charge is -2.33. The summed E-state index contributed by atoms with van der Waals surface area (Å²) in [5.41, 5.74) is 0.884. The third kappa shape index (κ3) is 5.34. The summed E-state index contributed by atoms with van der Waals surface area (Å²) in [5, 5.41) is 0. The number of carbonyl (C=O) groups is 1. The van der Waals surface area contributed by atoms with Crippen LogP contribution in [0, 0.1) is 0 Å². The fraction of sp³-hybridized carbons (Fsp3) is 0.227. The SMILES string of the molecule is C=CCOc1ccc(/C=C/C(=O)N2CCN(S(=O)(=O)c3ccccc3)CC2)cc1. The first-order valence-electron chi connectivity index (χ1n) is 9.36. The van der Waals surface area contributed by atoms with Crippen molar-refractivity contribution in [3.8, 4) is 5.75 Å². The lowest BCUT2D eigenvalue weighted by Crippen LogP contribution is -2.50. The van der Waals surface area contributed by atoms with Gasteiger partial charge >= 0.3 is 0 Å². The van der Waals surface area contributed by atoms with E-state index in [2.05, 4.69) is 6.58 Å². The average Bonchev–Trinajstić information content (AvgIpc) is 2.77. The Morgan fingerprint density at radius 3 is 2.28 bits per heavy atom. The van der Waals surface area contributed by atoms with Crippen LogP contribution in [0.2, 0.25) is 0 Å². The Morgan fingerprint density at radius 2 is 1.66 bits per heavy atom. The third-order valence-corrected chi connectivity index (χ3v) is 6.51. The molecule has 0 saturated carbocycles. The molecule has 1 fully saturated rings. The molecule has 0 spiro atoms. The van der Waals surface area contributed by atoms with Crippen LogP contribution in [-0.2, 0) is 14.8 Å². The maximum Gasteiger partial charge on any atom is 0.246 e. The highest BCUT2D eigenvalue weighted by atomic mass is 32.2. The molecule has 29 heavy (non-hydrogen) atoms. The Bertz CT molecular complexity index is 962. The predicted molar refractivity (Wildman–Crippen MR) is 113 cm³/mol. The fourth-order valence-corrected chi connectivity index (χ4v) is 4.44. The van der Waals surface area contributed by atoms with E-state index in [1.54, 1.807) is 47.4 Å². The number of sulfonamides is 1. The summed E-state index contributed by atoms with van der Waals surface area (Å²) in [6, 6.07) is 15.8. The van der Waals surface area contributed by atoms with Gasteiger partial charge in [0.1, 0.15) is 12.4 Å². The van der Waals surface area contributed by atoms with Crippen LogP contribution in [0.15, 0.2) is 78.2 Å². The zero-order chi connectivity index (χ0) is 20.7. The van der Waals surface area contributed by atoms with Gasteiger partial charge in [-0.2, -0.15) is 4.31 Å². The lowest BCUT2D eigenvalue weighted by atomic mass is 10.2. The van der Waals surface area contributed by atoms with Crippen LogP contribution in [0.4, 0.5) is 0 Å². The number of amides is 1. The van der Waals surface area contributed by atoms with Crippen molar-refractivity contribution < 1.29 is 17.9 Å². The number of hydrogen-bond acceptors (Lipinski definition) is 4. The van der Waals surface area contributed by atoms with Gasteiger partial charge in [-0.05, 0) is 35.9 Å². The number of carbonyl (C=O) groups excluding carboxylic acids is 1. The van der Waals surface area contributed by atoms with Crippen molar-refractivity contribution >= 4 is 22.0 Å². The molecule has 1 amide bonds. The first kappa shape index (κ1) is 20.8. The van der Waals surface area contributed by atoms with Crippen molar-refractivity contribution in [2.24, 2.45) is 0 Å². The van der Waals surface area contributed by atoms with Crippen LogP contribution in [0.1, 0.15) is 5.56 Å².